The standard InChI is InChI=1S/C18H30N4OS2/c1-2-19-17(20-13-18(23)6-10-25-14-18)21-16-3-7-22(8-4-16)11-15-5-9-24-12-15/h5,9,12,16,23H,2-4,6-8,10-11,13-14H2,1H3,(H2,19,20,21). The molecule has 2 saturated heterocycles. The third kappa shape index (κ3) is 5.88. The van der Waals surface area contributed by atoms with E-state index in [1.807, 2.05) is 11.8 Å². The van der Waals surface area contributed by atoms with E-state index in [4.69, 9.17) is 0 Å². The topological polar surface area (TPSA) is 59.9 Å². The highest BCUT2D eigenvalue weighted by molar-refractivity contribution is 7.99. The van der Waals surface area contributed by atoms with Gasteiger partial charge < -0.3 is 15.7 Å². The number of thiophene rings is 1. The van der Waals surface area contributed by atoms with E-state index in [0.29, 0.717) is 12.6 Å². The van der Waals surface area contributed by atoms with Crippen LogP contribution in [0.15, 0.2) is 21.8 Å². The fraction of sp³-hybridized carbons (Fsp3) is 0.722. The predicted molar refractivity (Wildman–Crippen MR) is 109 cm³/mol. The average molecular weight is 383 g/mol. The van der Waals surface area contributed by atoms with Crippen molar-refractivity contribution in [3.05, 3.63) is 22.4 Å². The first-order chi connectivity index (χ1) is 12.2. The molecule has 25 heavy (non-hydrogen) atoms. The molecule has 3 N–H and O–H groups in total. The van der Waals surface area contributed by atoms with Gasteiger partial charge in [-0.3, -0.25) is 9.89 Å². The second-order valence-corrected chi connectivity index (χ2v) is 8.93. The van der Waals surface area contributed by atoms with E-state index >= 15 is 0 Å². The van der Waals surface area contributed by atoms with Crippen molar-refractivity contribution in [2.75, 3.05) is 37.7 Å². The number of rotatable bonds is 6. The lowest BCUT2D eigenvalue weighted by atomic mass is 10.0. The summed E-state index contributed by atoms with van der Waals surface area (Å²) in [6.45, 7) is 6.72. The number of likely N-dealkylation sites (tertiary alicyclic amines) is 1. The summed E-state index contributed by atoms with van der Waals surface area (Å²) in [6.07, 6.45) is 3.12. The van der Waals surface area contributed by atoms with Gasteiger partial charge in [0.05, 0.1) is 12.1 Å². The minimum atomic E-state index is -0.614. The van der Waals surface area contributed by atoms with Crippen LogP contribution in [0.4, 0.5) is 0 Å². The zero-order valence-electron chi connectivity index (χ0n) is 15.0. The highest BCUT2D eigenvalue weighted by Crippen LogP contribution is 2.27. The Hall–Kier alpha value is -0.760. The molecular weight excluding hydrogens is 352 g/mol. The molecule has 2 fully saturated rings. The van der Waals surface area contributed by atoms with Crippen LogP contribution in [0.25, 0.3) is 0 Å². The summed E-state index contributed by atoms with van der Waals surface area (Å²) < 4.78 is 0. The van der Waals surface area contributed by atoms with E-state index in [0.717, 1.165) is 62.9 Å². The van der Waals surface area contributed by atoms with E-state index in [1.165, 1.54) is 5.56 Å². The van der Waals surface area contributed by atoms with Gasteiger partial charge in [-0.1, -0.05) is 0 Å². The fourth-order valence-corrected chi connectivity index (χ4v) is 5.28. The number of piperidine rings is 1. The van der Waals surface area contributed by atoms with Gasteiger partial charge in [0, 0.05) is 38.0 Å². The molecule has 1 aromatic rings. The smallest absolute Gasteiger partial charge is 0.191 e. The van der Waals surface area contributed by atoms with Gasteiger partial charge in [0.1, 0.15) is 0 Å². The van der Waals surface area contributed by atoms with Crippen molar-refractivity contribution in [2.24, 2.45) is 4.99 Å². The molecular formula is C18H30N4OS2. The van der Waals surface area contributed by atoms with Crippen molar-refractivity contribution in [3.8, 4) is 0 Å². The Labute approximate surface area is 159 Å². The van der Waals surface area contributed by atoms with E-state index < -0.39 is 5.60 Å². The Morgan fingerprint density at radius 1 is 1.44 bits per heavy atom. The van der Waals surface area contributed by atoms with Crippen molar-refractivity contribution in [3.63, 3.8) is 0 Å². The second kappa shape index (κ2) is 9.26. The van der Waals surface area contributed by atoms with Crippen LogP contribution >= 0.6 is 23.1 Å². The summed E-state index contributed by atoms with van der Waals surface area (Å²) in [5.74, 6) is 2.69. The zero-order valence-corrected chi connectivity index (χ0v) is 16.7. The van der Waals surface area contributed by atoms with E-state index in [2.05, 4.69) is 44.3 Å². The van der Waals surface area contributed by atoms with Crippen molar-refractivity contribution < 1.29 is 5.11 Å². The quantitative estimate of drug-likeness (QED) is 0.520. The number of hydrogen-bond donors (Lipinski definition) is 3. The van der Waals surface area contributed by atoms with Crippen LogP contribution in [-0.2, 0) is 6.54 Å². The number of guanidine groups is 1. The molecule has 0 spiro atoms. The molecule has 1 unspecified atom stereocenters. The van der Waals surface area contributed by atoms with Crippen LogP contribution in [0, 0.1) is 0 Å². The summed E-state index contributed by atoms with van der Waals surface area (Å²) in [5.41, 5.74) is 0.811. The molecule has 140 valence electrons. The zero-order chi connectivity index (χ0) is 17.5. The van der Waals surface area contributed by atoms with Crippen LogP contribution in [-0.4, -0.2) is 65.3 Å². The number of thioether (sulfide) groups is 1. The first-order valence-corrected chi connectivity index (χ1v) is 11.3. The number of nitrogens with zero attached hydrogens (tertiary/aromatic N) is 2. The fourth-order valence-electron chi connectivity index (χ4n) is 3.34. The van der Waals surface area contributed by atoms with E-state index in [-0.39, 0.29) is 0 Å². The Balaban J connectivity index is 1.46. The monoisotopic (exact) mass is 382 g/mol. The molecule has 0 amide bonds. The van der Waals surface area contributed by atoms with Gasteiger partial charge >= 0.3 is 0 Å². The van der Waals surface area contributed by atoms with Crippen LogP contribution in [0.5, 0.6) is 0 Å². The molecule has 0 aromatic carbocycles. The molecule has 3 rings (SSSR count). The predicted octanol–water partition coefficient (Wildman–Crippen LogP) is 2.14. The lowest BCUT2D eigenvalue weighted by Gasteiger charge is -2.33. The summed E-state index contributed by atoms with van der Waals surface area (Å²) in [5, 5.41) is 21.8. The van der Waals surface area contributed by atoms with Gasteiger partial charge in [0.2, 0.25) is 0 Å². The second-order valence-electron chi connectivity index (χ2n) is 7.05. The maximum absolute atomic E-state index is 10.5. The van der Waals surface area contributed by atoms with Crippen molar-refractivity contribution >= 4 is 29.1 Å². The summed E-state index contributed by atoms with van der Waals surface area (Å²) in [4.78, 5) is 7.19. The van der Waals surface area contributed by atoms with Gasteiger partial charge in [0.15, 0.2) is 5.96 Å². The Morgan fingerprint density at radius 2 is 2.28 bits per heavy atom. The van der Waals surface area contributed by atoms with Gasteiger partial charge in [0.25, 0.3) is 0 Å². The maximum atomic E-state index is 10.5. The lowest BCUT2D eigenvalue weighted by molar-refractivity contribution is 0.0778. The summed E-state index contributed by atoms with van der Waals surface area (Å²) in [7, 11) is 0. The molecule has 1 aromatic heterocycles. The number of hydrogen-bond acceptors (Lipinski definition) is 5. The van der Waals surface area contributed by atoms with Gasteiger partial charge in [-0.05, 0) is 54.3 Å². The van der Waals surface area contributed by atoms with Gasteiger partial charge in [-0.15, -0.1) is 0 Å². The van der Waals surface area contributed by atoms with Crippen molar-refractivity contribution in [2.45, 2.75) is 44.4 Å². The third-order valence-electron chi connectivity index (χ3n) is 4.87. The molecule has 0 saturated carbocycles. The van der Waals surface area contributed by atoms with Crippen molar-refractivity contribution in [1.82, 2.24) is 15.5 Å². The first-order valence-electron chi connectivity index (χ1n) is 9.25. The highest BCUT2D eigenvalue weighted by Gasteiger charge is 2.31. The molecule has 3 heterocycles. The molecule has 0 radical (unpaired) electrons. The molecule has 5 nitrogen and oxygen atoms in total. The Bertz CT molecular complexity index is 535. The minimum absolute atomic E-state index is 0.462. The molecule has 0 bridgehead atoms. The molecule has 2 aliphatic heterocycles. The molecule has 2 aliphatic rings. The normalized spacial score (nSPS) is 26.1. The van der Waals surface area contributed by atoms with Crippen LogP contribution in [0.3, 0.4) is 0 Å². The van der Waals surface area contributed by atoms with E-state index in [1.54, 1.807) is 11.3 Å². The Kier molecular flexibility index (Phi) is 7.04. The number of aliphatic imine (C=N–C) groups is 1. The average Bonchev–Trinajstić information content (AvgIpc) is 3.27. The van der Waals surface area contributed by atoms with Crippen LogP contribution in [0.1, 0.15) is 31.7 Å². The minimum Gasteiger partial charge on any atom is -0.387 e. The van der Waals surface area contributed by atoms with Crippen molar-refractivity contribution in [1.29, 1.82) is 0 Å². The largest absolute Gasteiger partial charge is 0.387 e. The summed E-state index contributed by atoms with van der Waals surface area (Å²) in [6, 6.07) is 2.68. The summed E-state index contributed by atoms with van der Waals surface area (Å²) >= 11 is 3.59. The third-order valence-corrected chi connectivity index (χ3v) is 6.84. The first kappa shape index (κ1) is 19.0. The Morgan fingerprint density at radius 3 is 2.92 bits per heavy atom. The van der Waals surface area contributed by atoms with Gasteiger partial charge in [-0.25, -0.2) is 0 Å². The SMILES string of the molecule is CCNC(=NCC1(O)CCSC1)NC1CCN(Cc2ccsc2)CC1. The highest BCUT2D eigenvalue weighted by atomic mass is 32.2. The lowest BCUT2D eigenvalue weighted by Crippen LogP contribution is -2.49. The van der Waals surface area contributed by atoms with E-state index in [9.17, 15) is 5.11 Å². The number of aliphatic hydroxyl groups is 1. The van der Waals surface area contributed by atoms with Crippen LogP contribution < -0.4 is 10.6 Å². The molecule has 7 heteroatoms. The maximum Gasteiger partial charge on any atom is 0.191 e. The van der Waals surface area contributed by atoms with Gasteiger partial charge in [-0.2, -0.15) is 23.1 Å². The van der Waals surface area contributed by atoms with Crippen LogP contribution in [0.2, 0.25) is 0 Å². The molecule has 0 aliphatic carbocycles. The molecule has 1 atom stereocenters. The number of nitrogens with one attached hydrogen (secondary N) is 2.